The first kappa shape index (κ1) is 11.1. The van der Waals surface area contributed by atoms with Crippen LogP contribution in [0.2, 0.25) is 0 Å². The molecule has 1 nitrogen and oxygen atoms in total. The third-order valence-electron chi connectivity index (χ3n) is 5.61. The summed E-state index contributed by atoms with van der Waals surface area (Å²) in [5.74, 6) is 6.13. The minimum Gasteiger partial charge on any atom is -0.327 e. The summed E-state index contributed by atoms with van der Waals surface area (Å²) in [6.45, 7) is 4.63. The van der Waals surface area contributed by atoms with Crippen LogP contribution in [0.4, 0.5) is 0 Å². The van der Waals surface area contributed by atoms with E-state index in [4.69, 9.17) is 5.73 Å². The summed E-state index contributed by atoms with van der Waals surface area (Å²) in [5.41, 5.74) is 6.41. The third-order valence-corrected chi connectivity index (χ3v) is 5.61. The molecule has 0 aromatic rings. The molecule has 3 aliphatic carbocycles. The summed E-state index contributed by atoms with van der Waals surface area (Å²) >= 11 is 0. The van der Waals surface area contributed by atoms with E-state index in [1.54, 1.807) is 6.42 Å². The van der Waals surface area contributed by atoms with Crippen LogP contribution in [0.1, 0.15) is 52.4 Å². The van der Waals surface area contributed by atoms with Crippen molar-refractivity contribution >= 4 is 0 Å². The molecule has 0 heterocycles. The lowest BCUT2D eigenvalue weighted by Crippen LogP contribution is -2.26. The lowest BCUT2D eigenvalue weighted by atomic mass is 9.94. The average Bonchev–Trinajstić information content (AvgIpc) is 2.68. The van der Waals surface area contributed by atoms with Crippen LogP contribution in [0.3, 0.4) is 0 Å². The number of hydrogen-bond donors (Lipinski definition) is 1. The van der Waals surface area contributed by atoms with Gasteiger partial charge in [-0.3, -0.25) is 0 Å². The van der Waals surface area contributed by atoms with Gasteiger partial charge in [0.15, 0.2) is 0 Å². The lowest BCUT2D eigenvalue weighted by Gasteiger charge is -2.16. The molecule has 0 aromatic carbocycles. The molecule has 16 heavy (non-hydrogen) atoms. The number of nitrogens with two attached hydrogens (primary N) is 1. The van der Waals surface area contributed by atoms with Gasteiger partial charge in [0.25, 0.3) is 0 Å². The second kappa shape index (κ2) is 4.01. The van der Waals surface area contributed by atoms with Gasteiger partial charge in [-0.2, -0.15) is 0 Å². The molecule has 5 atom stereocenters. The zero-order valence-electron chi connectivity index (χ0n) is 10.9. The van der Waals surface area contributed by atoms with E-state index in [0.717, 1.165) is 35.5 Å². The van der Waals surface area contributed by atoms with Crippen molar-refractivity contribution in [1.29, 1.82) is 0 Å². The zero-order chi connectivity index (χ0) is 11.3. The molecule has 0 amide bonds. The Hall–Kier alpha value is -0.0400. The largest absolute Gasteiger partial charge is 0.327 e. The Bertz CT molecular complexity index is 244. The van der Waals surface area contributed by atoms with Gasteiger partial charge in [-0.1, -0.05) is 26.7 Å². The molecule has 3 saturated carbocycles. The number of hydrogen-bond acceptors (Lipinski definition) is 1. The van der Waals surface area contributed by atoms with Crippen molar-refractivity contribution in [3.8, 4) is 0 Å². The van der Waals surface area contributed by atoms with Gasteiger partial charge in [-0.05, 0) is 61.2 Å². The van der Waals surface area contributed by atoms with Crippen LogP contribution in [0, 0.1) is 35.5 Å². The van der Waals surface area contributed by atoms with E-state index in [1.165, 1.54) is 32.1 Å². The maximum Gasteiger partial charge on any atom is 0.00728 e. The topological polar surface area (TPSA) is 26.0 Å². The van der Waals surface area contributed by atoms with Crippen LogP contribution in [0.15, 0.2) is 0 Å². The quantitative estimate of drug-likeness (QED) is 0.756. The van der Waals surface area contributed by atoms with Crippen LogP contribution >= 0.6 is 0 Å². The van der Waals surface area contributed by atoms with Gasteiger partial charge in [-0.15, -0.1) is 0 Å². The first-order valence-electron chi connectivity index (χ1n) is 7.44. The highest BCUT2D eigenvalue weighted by Gasteiger charge is 2.65. The van der Waals surface area contributed by atoms with Gasteiger partial charge in [0.2, 0.25) is 0 Å². The highest BCUT2D eigenvalue weighted by atomic mass is 14.8. The molecule has 3 rings (SSSR count). The molecule has 0 saturated heterocycles. The maximum atomic E-state index is 6.41. The Morgan fingerprint density at radius 1 is 1.06 bits per heavy atom. The van der Waals surface area contributed by atoms with Gasteiger partial charge in [0.05, 0.1) is 0 Å². The van der Waals surface area contributed by atoms with E-state index in [0.29, 0.717) is 6.04 Å². The van der Waals surface area contributed by atoms with Crippen LogP contribution in [-0.2, 0) is 0 Å². The van der Waals surface area contributed by atoms with Gasteiger partial charge >= 0.3 is 0 Å². The van der Waals surface area contributed by atoms with Gasteiger partial charge < -0.3 is 5.73 Å². The molecule has 2 N–H and O–H groups in total. The van der Waals surface area contributed by atoms with Crippen molar-refractivity contribution in [2.75, 3.05) is 0 Å². The molecule has 0 spiro atoms. The number of fused-ring (bicyclic) bond motifs is 5. The van der Waals surface area contributed by atoms with Gasteiger partial charge in [-0.25, -0.2) is 0 Å². The van der Waals surface area contributed by atoms with E-state index in [9.17, 15) is 0 Å². The smallest absolute Gasteiger partial charge is 0.00728 e. The number of rotatable bonds is 5. The fourth-order valence-corrected chi connectivity index (χ4v) is 4.92. The molecule has 0 aromatic heterocycles. The van der Waals surface area contributed by atoms with E-state index in [1.807, 2.05) is 0 Å². The Morgan fingerprint density at radius 2 is 1.69 bits per heavy atom. The second-order valence-corrected chi connectivity index (χ2v) is 7.05. The van der Waals surface area contributed by atoms with Crippen LogP contribution in [0.5, 0.6) is 0 Å². The average molecular weight is 221 g/mol. The Labute approximate surface area is 100 Å². The highest BCUT2D eigenvalue weighted by molar-refractivity contribution is 5.15. The van der Waals surface area contributed by atoms with E-state index < -0.39 is 0 Å². The normalized spacial score (nSPS) is 46.1. The Kier molecular flexibility index (Phi) is 2.78. The molecule has 5 unspecified atom stereocenters. The monoisotopic (exact) mass is 221 g/mol. The summed E-state index contributed by atoms with van der Waals surface area (Å²) in [6, 6.07) is 0.539. The zero-order valence-corrected chi connectivity index (χ0v) is 10.9. The minimum absolute atomic E-state index is 0.539. The summed E-state index contributed by atoms with van der Waals surface area (Å²) < 4.78 is 0. The summed E-state index contributed by atoms with van der Waals surface area (Å²) in [5, 5.41) is 0. The van der Waals surface area contributed by atoms with E-state index in [-0.39, 0.29) is 0 Å². The molecule has 92 valence electrons. The highest BCUT2D eigenvalue weighted by Crippen LogP contribution is 2.70. The summed E-state index contributed by atoms with van der Waals surface area (Å²) in [6.07, 6.45) is 8.62. The van der Waals surface area contributed by atoms with Crippen molar-refractivity contribution in [3.63, 3.8) is 0 Å². The maximum absolute atomic E-state index is 6.41. The Balaban J connectivity index is 1.46. The van der Waals surface area contributed by atoms with Gasteiger partial charge in [0.1, 0.15) is 0 Å². The molecular formula is C15H27N. The fraction of sp³-hybridized carbons (Fsp3) is 1.00. The van der Waals surface area contributed by atoms with Crippen molar-refractivity contribution in [2.24, 2.45) is 41.2 Å². The van der Waals surface area contributed by atoms with Crippen molar-refractivity contribution in [1.82, 2.24) is 0 Å². The standard InChI is InChI=1S/C15H27N/c1-9(2)4-3-5-12(16)15-13-10-6-7-11(8-10)14(13)15/h9-15H,3-8,16H2,1-2H3. The fourth-order valence-electron chi connectivity index (χ4n) is 4.92. The molecule has 2 bridgehead atoms. The van der Waals surface area contributed by atoms with Crippen LogP contribution < -0.4 is 5.73 Å². The molecule has 3 fully saturated rings. The van der Waals surface area contributed by atoms with Crippen molar-refractivity contribution in [2.45, 2.75) is 58.4 Å². The van der Waals surface area contributed by atoms with Gasteiger partial charge in [0, 0.05) is 6.04 Å². The van der Waals surface area contributed by atoms with Crippen molar-refractivity contribution in [3.05, 3.63) is 0 Å². The molecule has 1 heteroatoms. The SMILES string of the molecule is CC(C)CCCC(N)C1C2C3CCC(C3)C12. The molecular weight excluding hydrogens is 194 g/mol. The summed E-state index contributed by atoms with van der Waals surface area (Å²) in [7, 11) is 0. The summed E-state index contributed by atoms with van der Waals surface area (Å²) in [4.78, 5) is 0. The second-order valence-electron chi connectivity index (χ2n) is 7.05. The van der Waals surface area contributed by atoms with Crippen LogP contribution in [-0.4, -0.2) is 6.04 Å². The Morgan fingerprint density at radius 3 is 2.25 bits per heavy atom. The third kappa shape index (κ3) is 1.72. The predicted molar refractivity (Wildman–Crippen MR) is 68.0 cm³/mol. The molecule has 0 aliphatic heterocycles. The minimum atomic E-state index is 0.539. The first-order chi connectivity index (χ1) is 7.68. The predicted octanol–water partition coefficient (Wildman–Crippen LogP) is 3.43. The van der Waals surface area contributed by atoms with E-state index >= 15 is 0 Å². The molecule has 0 radical (unpaired) electrons. The molecule has 3 aliphatic rings. The van der Waals surface area contributed by atoms with Crippen LogP contribution in [0.25, 0.3) is 0 Å². The van der Waals surface area contributed by atoms with E-state index in [2.05, 4.69) is 13.8 Å². The van der Waals surface area contributed by atoms with Crippen molar-refractivity contribution < 1.29 is 0 Å². The lowest BCUT2D eigenvalue weighted by molar-refractivity contribution is 0.383. The first-order valence-corrected chi connectivity index (χ1v) is 7.44.